The van der Waals surface area contributed by atoms with Crippen molar-refractivity contribution in [2.24, 2.45) is 17.6 Å². The van der Waals surface area contributed by atoms with E-state index in [1.165, 1.54) is 31.1 Å². The van der Waals surface area contributed by atoms with Gasteiger partial charge < -0.3 is 31.3 Å². The number of aliphatic hydroxyl groups excluding tert-OH is 3. The standard InChI is InChI=1S/C21H21ClN2O8/c1-24(2)14-7-5-6-10(16(27)12-9(25)4-3-8(22)11(12)15(6)26)18(29)21(7,32)19(30)13(17(14)28)20(23)31/h3-4,6-7,14-15,25-27,30,32H,5H2,1-2H3,(H2,23,31)/t6?,7?,14?,15-,21?/m0/s1. The van der Waals surface area contributed by atoms with Crippen molar-refractivity contribution >= 4 is 34.8 Å². The maximum absolute atomic E-state index is 13.6. The van der Waals surface area contributed by atoms with Gasteiger partial charge in [-0.05, 0) is 32.6 Å². The Labute approximate surface area is 186 Å². The SMILES string of the molecule is CN(C)C1C(=O)C(C(N)=O)=C(O)C2(O)C(=O)C3=C(O)c4c(O)ccc(Cl)c4[C@@H](O)C3CC12. The summed E-state index contributed by atoms with van der Waals surface area (Å²) in [5, 5.41) is 54.4. The van der Waals surface area contributed by atoms with E-state index < -0.39 is 75.5 Å². The number of phenolic OH excluding ortho intramolecular Hbond substituents is 1. The number of carbonyl (C=O) groups excluding carboxylic acids is 3. The molecule has 4 rings (SSSR count). The zero-order valence-corrected chi connectivity index (χ0v) is 17.8. The third-order valence-electron chi connectivity index (χ3n) is 6.64. The third-order valence-corrected chi connectivity index (χ3v) is 6.97. The van der Waals surface area contributed by atoms with Crippen LogP contribution in [0.4, 0.5) is 0 Å². The first-order valence-electron chi connectivity index (χ1n) is 9.69. The van der Waals surface area contributed by atoms with Crippen molar-refractivity contribution in [2.45, 2.75) is 24.2 Å². The van der Waals surface area contributed by atoms with Gasteiger partial charge in [0.05, 0.1) is 17.7 Å². The van der Waals surface area contributed by atoms with Crippen LogP contribution < -0.4 is 5.73 Å². The molecular formula is C21H21ClN2O8. The summed E-state index contributed by atoms with van der Waals surface area (Å²) in [5.41, 5.74) is 0.845. The lowest BCUT2D eigenvalue weighted by atomic mass is 9.57. The summed E-state index contributed by atoms with van der Waals surface area (Å²) in [6.45, 7) is 0. The fourth-order valence-electron chi connectivity index (χ4n) is 5.24. The Hall–Kier alpha value is -2.92. The summed E-state index contributed by atoms with van der Waals surface area (Å²) in [4.78, 5) is 39.8. The van der Waals surface area contributed by atoms with Crippen LogP contribution in [0.2, 0.25) is 5.02 Å². The predicted molar refractivity (Wildman–Crippen MR) is 111 cm³/mol. The van der Waals surface area contributed by atoms with Crippen LogP contribution in [0.3, 0.4) is 0 Å². The van der Waals surface area contributed by atoms with Crippen molar-refractivity contribution in [1.29, 1.82) is 0 Å². The summed E-state index contributed by atoms with van der Waals surface area (Å²) >= 11 is 6.19. The van der Waals surface area contributed by atoms with Crippen LogP contribution in [0.25, 0.3) is 5.76 Å². The number of phenols is 1. The predicted octanol–water partition coefficient (Wildman–Crippen LogP) is 0.108. The molecule has 170 valence electrons. The number of likely N-dealkylation sites (N-methyl/N-ethyl adjacent to an activating group) is 1. The number of amides is 1. The van der Waals surface area contributed by atoms with E-state index in [2.05, 4.69) is 0 Å². The number of hydrogen-bond donors (Lipinski definition) is 6. The second-order valence-electron chi connectivity index (χ2n) is 8.47. The summed E-state index contributed by atoms with van der Waals surface area (Å²) in [7, 11) is 2.97. The smallest absolute Gasteiger partial charge is 0.255 e. The van der Waals surface area contributed by atoms with Gasteiger partial charge in [0.2, 0.25) is 5.78 Å². The molecule has 3 aliphatic carbocycles. The van der Waals surface area contributed by atoms with Gasteiger partial charge in [0, 0.05) is 28.0 Å². The Kier molecular flexibility index (Phi) is 4.90. The molecule has 1 saturated carbocycles. The molecule has 1 aromatic rings. The van der Waals surface area contributed by atoms with E-state index in [9.17, 15) is 39.9 Å². The van der Waals surface area contributed by atoms with Gasteiger partial charge in [0.1, 0.15) is 22.8 Å². The van der Waals surface area contributed by atoms with Crippen LogP contribution in [0.15, 0.2) is 29.0 Å². The van der Waals surface area contributed by atoms with E-state index in [1.807, 2.05) is 0 Å². The van der Waals surface area contributed by atoms with Crippen LogP contribution in [-0.4, -0.2) is 73.6 Å². The number of carbonyl (C=O) groups is 3. The Morgan fingerprint density at radius 3 is 2.41 bits per heavy atom. The van der Waals surface area contributed by atoms with E-state index in [4.69, 9.17) is 17.3 Å². The van der Waals surface area contributed by atoms with Gasteiger partial charge in [-0.2, -0.15) is 0 Å². The average Bonchev–Trinajstić information content (AvgIpc) is 2.69. The minimum Gasteiger partial charge on any atom is -0.508 e. The first kappa shape index (κ1) is 22.3. The minimum absolute atomic E-state index is 0.00251. The Bertz CT molecular complexity index is 1160. The Morgan fingerprint density at radius 2 is 1.84 bits per heavy atom. The lowest BCUT2D eigenvalue weighted by Gasteiger charge is -2.51. The molecule has 0 radical (unpaired) electrons. The summed E-state index contributed by atoms with van der Waals surface area (Å²) in [6, 6.07) is 1.25. The maximum Gasteiger partial charge on any atom is 0.255 e. The highest BCUT2D eigenvalue weighted by Crippen LogP contribution is 2.56. The number of nitrogens with zero attached hydrogens (tertiary/aromatic N) is 1. The van der Waals surface area contributed by atoms with Crippen molar-refractivity contribution < 1.29 is 39.9 Å². The number of Topliss-reactive ketones (excluding diaryl/α,β-unsaturated/α-hetero) is 2. The number of fused-ring (bicyclic) bond motifs is 3. The molecule has 32 heavy (non-hydrogen) atoms. The van der Waals surface area contributed by atoms with Gasteiger partial charge >= 0.3 is 0 Å². The molecule has 0 saturated heterocycles. The van der Waals surface area contributed by atoms with Crippen LogP contribution in [0.1, 0.15) is 23.7 Å². The van der Waals surface area contributed by atoms with Gasteiger partial charge in [-0.25, -0.2) is 0 Å². The number of halogens is 1. The van der Waals surface area contributed by atoms with E-state index in [0.29, 0.717) is 0 Å². The van der Waals surface area contributed by atoms with Crippen molar-refractivity contribution in [3.05, 3.63) is 45.2 Å². The van der Waals surface area contributed by atoms with Crippen molar-refractivity contribution in [3.63, 3.8) is 0 Å². The molecule has 4 unspecified atom stereocenters. The molecule has 3 aliphatic rings. The first-order valence-corrected chi connectivity index (χ1v) is 10.1. The van der Waals surface area contributed by atoms with Gasteiger partial charge in [-0.15, -0.1) is 0 Å². The van der Waals surface area contributed by atoms with Crippen molar-refractivity contribution in [2.75, 3.05) is 14.1 Å². The number of nitrogens with two attached hydrogens (primary N) is 1. The molecule has 0 bridgehead atoms. The number of hydrogen-bond acceptors (Lipinski definition) is 9. The second kappa shape index (κ2) is 7.04. The third kappa shape index (κ3) is 2.61. The van der Waals surface area contributed by atoms with Crippen molar-refractivity contribution in [1.82, 2.24) is 4.90 Å². The van der Waals surface area contributed by atoms with Crippen LogP contribution in [0.5, 0.6) is 5.75 Å². The highest BCUT2D eigenvalue weighted by molar-refractivity contribution is 6.32. The number of primary amides is 1. The molecule has 1 fully saturated rings. The topological polar surface area (TPSA) is 182 Å². The minimum atomic E-state index is -2.77. The lowest BCUT2D eigenvalue weighted by Crippen LogP contribution is -2.66. The second-order valence-corrected chi connectivity index (χ2v) is 8.87. The fraction of sp³-hybridized carbons (Fsp3) is 0.381. The van der Waals surface area contributed by atoms with E-state index in [1.54, 1.807) is 0 Å². The van der Waals surface area contributed by atoms with E-state index in [-0.39, 0.29) is 22.6 Å². The largest absolute Gasteiger partial charge is 0.508 e. The molecule has 5 atom stereocenters. The highest BCUT2D eigenvalue weighted by Gasteiger charge is 2.65. The monoisotopic (exact) mass is 464 g/mol. The molecule has 1 aromatic carbocycles. The first-order chi connectivity index (χ1) is 14.8. The molecule has 0 aliphatic heterocycles. The number of aliphatic hydroxyl groups is 4. The molecule has 10 nitrogen and oxygen atoms in total. The van der Waals surface area contributed by atoms with Crippen LogP contribution in [0, 0.1) is 11.8 Å². The highest BCUT2D eigenvalue weighted by atomic mass is 35.5. The quantitative estimate of drug-likeness (QED) is 0.331. The van der Waals surface area contributed by atoms with Gasteiger partial charge in [-0.3, -0.25) is 19.3 Å². The number of benzene rings is 1. The van der Waals surface area contributed by atoms with Gasteiger partial charge in [-0.1, -0.05) is 11.6 Å². The summed E-state index contributed by atoms with van der Waals surface area (Å²) in [6.07, 6.45) is -1.70. The fourth-order valence-corrected chi connectivity index (χ4v) is 5.51. The van der Waals surface area contributed by atoms with Gasteiger partial charge in [0.15, 0.2) is 11.4 Å². The van der Waals surface area contributed by atoms with Crippen molar-refractivity contribution in [3.8, 4) is 5.75 Å². The molecular weight excluding hydrogens is 444 g/mol. The lowest BCUT2D eigenvalue weighted by molar-refractivity contribution is -0.155. The number of ketones is 2. The zero-order valence-electron chi connectivity index (χ0n) is 17.0. The van der Waals surface area contributed by atoms with Crippen LogP contribution in [-0.2, 0) is 14.4 Å². The van der Waals surface area contributed by atoms with Crippen LogP contribution >= 0.6 is 11.6 Å². The molecule has 0 heterocycles. The molecule has 1 amide bonds. The molecule has 0 spiro atoms. The van der Waals surface area contributed by atoms with E-state index in [0.717, 1.165) is 0 Å². The maximum atomic E-state index is 13.6. The number of aromatic hydroxyl groups is 1. The average molecular weight is 465 g/mol. The molecule has 0 aromatic heterocycles. The Morgan fingerprint density at radius 1 is 1.22 bits per heavy atom. The summed E-state index contributed by atoms with van der Waals surface area (Å²) < 4.78 is 0. The number of rotatable bonds is 2. The van der Waals surface area contributed by atoms with Gasteiger partial charge in [0.25, 0.3) is 5.91 Å². The summed E-state index contributed by atoms with van der Waals surface area (Å²) in [5.74, 6) is -8.19. The molecule has 11 heteroatoms. The normalized spacial score (nSPS) is 32.1. The molecule has 7 N–H and O–H groups in total. The zero-order chi connectivity index (χ0) is 23.9. The van der Waals surface area contributed by atoms with E-state index >= 15 is 0 Å². The Balaban J connectivity index is 2.03.